The molecule has 1 aromatic carbocycles. The minimum absolute atomic E-state index is 0.159. The van der Waals surface area contributed by atoms with Gasteiger partial charge in [0.25, 0.3) is 0 Å². The number of ether oxygens (including phenoxy) is 1. The molecule has 1 saturated heterocycles. The fourth-order valence-electron chi connectivity index (χ4n) is 1.88. The van der Waals surface area contributed by atoms with Crippen molar-refractivity contribution in [3.05, 3.63) is 35.4 Å². The molecule has 1 heterocycles. The number of hydrogen-bond donors (Lipinski definition) is 1. The van der Waals surface area contributed by atoms with Crippen LogP contribution in [0.3, 0.4) is 0 Å². The van der Waals surface area contributed by atoms with Crippen LogP contribution < -0.4 is 5.73 Å². The van der Waals surface area contributed by atoms with Crippen LogP contribution in [0.4, 0.5) is 8.78 Å². The van der Waals surface area contributed by atoms with Crippen LogP contribution in [0.25, 0.3) is 0 Å². The van der Waals surface area contributed by atoms with Gasteiger partial charge in [-0.15, -0.1) is 0 Å². The van der Waals surface area contributed by atoms with Crippen LogP contribution in [0.15, 0.2) is 18.2 Å². The van der Waals surface area contributed by atoms with Gasteiger partial charge in [0.05, 0.1) is 6.61 Å². The maximum atomic E-state index is 12.9. The third-order valence-corrected chi connectivity index (χ3v) is 2.74. The van der Waals surface area contributed by atoms with Crippen molar-refractivity contribution < 1.29 is 13.5 Å². The third-order valence-electron chi connectivity index (χ3n) is 2.74. The number of rotatable bonds is 2. The quantitative estimate of drug-likeness (QED) is 0.815. The summed E-state index contributed by atoms with van der Waals surface area (Å²) in [7, 11) is 0. The Kier molecular flexibility index (Phi) is 2.98. The lowest BCUT2D eigenvalue weighted by Gasteiger charge is -2.17. The molecule has 2 unspecified atom stereocenters. The van der Waals surface area contributed by atoms with Gasteiger partial charge in [0, 0.05) is 24.6 Å². The molecule has 0 aliphatic carbocycles. The Morgan fingerprint density at radius 1 is 1.27 bits per heavy atom. The van der Waals surface area contributed by atoms with Gasteiger partial charge in [-0.05, 0) is 24.1 Å². The first-order chi connectivity index (χ1) is 7.16. The summed E-state index contributed by atoms with van der Waals surface area (Å²) >= 11 is 0. The van der Waals surface area contributed by atoms with Gasteiger partial charge >= 0.3 is 0 Å². The van der Waals surface area contributed by atoms with Gasteiger partial charge in [-0.2, -0.15) is 0 Å². The van der Waals surface area contributed by atoms with E-state index < -0.39 is 11.6 Å². The summed E-state index contributed by atoms with van der Waals surface area (Å²) in [5.74, 6) is -1.01. The van der Waals surface area contributed by atoms with E-state index in [-0.39, 0.29) is 12.0 Å². The standard InChI is InChI=1S/C11H13F2NO/c12-9-3-8(4-10(13)5-9)11(14)7-1-2-15-6-7/h3-5,7,11H,1-2,6,14H2. The molecule has 1 aromatic rings. The molecule has 0 radical (unpaired) electrons. The molecule has 15 heavy (non-hydrogen) atoms. The molecular weight excluding hydrogens is 200 g/mol. The molecule has 0 spiro atoms. The van der Waals surface area contributed by atoms with E-state index in [2.05, 4.69) is 0 Å². The van der Waals surface area contributed by atoms with E-state index in [9.17, 15) is 8.78 Å². The highest BCUT2D eigenvalue weighted by Gasteiger charge is 2.24. The molecule has 2 nitrogen and oxygen atoms in total. The van der Waals surface area contributed by atoms with Gasteiger partial charge in [-0.3, -0.25) is 0 Å². The van der Waals surface area contributed by atoms with E-state index in [0.29, 0.717) is 18.8 Å². The molecule has 0 aromatic heterocycles. The zero-order valence-electron chi connectivity index (χ0n) is 8.25. The zero-order valence-corrected chi connectivity index (χ0v) is 8.25. The highest BCUT2D eigenvalue weighted by molar-refractivity contribution is 5.22. The largest absolute Gasteiger partial charge is 0.381 e. The lowest BCUT2D eigenvalue weighted by Crippen LogP contribution is -2.21. The normalized spacial score (nSPS) is 23.0. The van der Waals surface area contributed by atoms with Crippen LogP contribution in [-0.4, -0.2) is 13.2 Å². The molecule has 2 atom stereocenters. The summed E-state index contributed by atoms with van der Waals surface area (Å²) in [6.07, 6.45) is 0.847. The maximum Gasteiger partial charge on any atom is 0.126 e. The second kappa shape index (κ2) is 4.24. The molecule has 0 bridgehead atoms. The molecule has 1 fully saturated rings. The van der Waals surface area contributed by atoms with Crippen molar-refractivity contribution >= 4 is 0 Å². The number of halogens is 2. The van der Waals surface area contributed by atoms with E-state index in [1.165, 1.54) is 12.1 Å². The molecule has 0 saturated carbocycles. The summed E-state index contributed by atoms with van der Waals surface area (Å²) in [6.45, 7) is 1.25. The van der Waals surface area contributed by atoms with Crippen molar-refractivity contribution in [2.75, 3.05) is 13.2 Å². The maximum absolute atomic E-state index is 12.9. The van der Waals surface area contributed by atoms with E-state index in [0.717, 1.165) is 12.5 Å². The van der Waals surface area contributed by atoms with Crippen molar-refractivity contribution in [3.63, 3.8) is 0 Å². The summed E-state index contributed by atoms with van der Waals surface area (Å²) < 4.78 is 31.1. The second-order valence-corrected chi connectivity index (χ2v) is 3.85. The van der Waals surface area contributed by atoms with Gasteiger partial charge in [-0.25, -0.2) is 8.78 Å². The summed E-state index contributed by atoms with van der Waals surface area (Å²) in [5, 5.41) is 0. The second-order valence-electron chi connectivity index (χ2n) is 3.85. The molecule has 1 aliphatic rings. The summed E-state index contributed by atoms with van der Waals surface area (Å²) in [5.41, 5.74) is 6.43. The van der Waals surface area contributed by atoms with Crippen molar-refractivity contribution in [2.24, 2.45) is 11.7 Å². The molecule has 1 aliphatic heterocycles. The van der Waals surface area contributed by atoms with Crippen LogP contribution in [0, 0.1) is 17.6 Å². The SMILES string of the molecule is NC(c1cc(F)cc(F)c1)C1CCOC1. The van der Waals surface area contributed by atoms with Crippen molar-refractivity contribution in [1.82, 2.24) is 0 Å². The highest BCUT2D eigenvalue weighted by atomic mass is 19.1. The first-order valence-corrected chi connectivity index (χ1v) is 4.96. The molecule has 82 valence electrons. The van der Waals surface area contributed by atoms with Crippen LogP contribution in [-0.2, 0) is 4.74 Å². The predicted octanol–water partition coefficient (Wildman–Crippen LogP) is 2.00. The smallest absolute Gasteiger partial charge is 0.126 e. The Balaban J connectivity index is 2.20. The Hall–Kier alpha value is -1.00. The Labute approximate surface area is 87.0 Å². The van der Waals surface area contributed by atoms with Crippen LogP contribution >= 0.6 is 0 Å². The van der Waals surface area contributed by atoms with Crippen molar-refractivity contribution in [3.8, 4) is 0 Å². The monoisotopic (exact) mass is 213 g/mol. The van der Waals surface area contributed by atoms with Gasteiger partial charge in [-0.1, -0.05) is 0 Å². The van der Waals surface area contributed by atoms with Gasteiger partial charge in [0.1, 0.15) is 11.6 Å². The van der Waals surface area contributed by atoms with E-state index in [1.807, 2.05) is 0 Å². The number of hydrogen-bond acceptors (Lipinski definition) is 2. The van der Waals surface area contributed by atoms with E-state index in [1.54, 1.807) is 0 Å². The van der Waals surface area contributed by atoms with E-state index >= 15 is 0 Å². The van der Waals surface area contributed by atoms with Gasteiger partial charge < -0.3 is 10.5 Å². The Morgan fingerprint density at radius 2 is 1.93 bits per heavy atom. The van der Waals surface area contributed by atoms with Crippen molar-refractivity contribution in [2.45, 2.75) is 12.5 Å². The summed E-state index contributed by atoms with van der Waals surface area (Å²) in [6, 6.07) is 3.07. The highest BCUT2D eigenvalue weighted by Crippen LogP contribution is 2.27. The lowest BCUT2D eigenvalue weighted by molar-refractivity contribution is 0.181. The van der Waals surface area contributed by atoms with Crippen molar-refractivity contribution in [1.29, 1.82) is 0 Å². The summed E-state index contributed by atoms with van der Waals surface area (Å²) in [4.78, 5) is 0. The fourth-order valence-corrected chi connectivity index (χ4v) is 1.88. The zero-order chi connectivity index (χ0) is 10.8. The predicted molar refractivity (Wildman–Crippen MR) is 52.2 cm³/mol. The van der Waals surface area contributed by atoms with Crippen LogP contribution in [0.1, 0.15) is 18.0 Å². The molecule has 4 heteroatoms. The molecule has 2 rings (SSSR count). The van der Waals surface area contributed by atoms with Crippen LogP contribution in [0.5, 0.6) is 0 Å². The average molecular weight is 213 g/mol. The molecular formula is C11H13F2NO. The van der Waals surface area contributed by atoms with Gasteiger partial charge in [0.15, 0.2) is 0 Å². The fraction of sp³-hybridized carbons (Fsp3) is 0.455. The lowest BCUT2D eigenvalue weighted by atomic mass is 9.93. The first-order valence-electron chi connectivity index (χ1n) is 4.96. The Bertz CT molecular complexity index is 330. The molecule has 0 amide bonds. The Morgan fingerprint density at radius 3 is 2.47 bits per heavy atom. The average Bonchev–Trinajstić information content (AvgIpc) is 2.67. The first kappa shape index (κ1) is 10.5. The minimum atomic E-state index is -0.584. The third kappa shape index (κ3) is 2.33. The topological polar surface area (TPSA) is 35.2 Å². The number of nitrogens with two attached hydrogens (primary N) is 1. The minimum Gasteiger partial charge on any atom is -0.381 e. The van der Waals surface area contributed by atoms with Crippen LogP contribution in [0.2, 0.25) is 0 Å². The van der Waals surface area contributed by atoms with E-state index in [4.69, 9.17) is 10.5 Å². The number of benzene rings is 1. The van der Waals surface area contributed by atoms with Gasteiger partial charge in [0.2, 0.25) is 0 Å². The molecule has 2 N–H and O–H groups in total.